The van der Waals surface area contributed by atoms with Crippen molar-refractivity contribution < 1.29 is 31.4 Å². The lowest BCUT2D eigenvalue weighted by atomic mass is 10.1. The molecule has 1 aromatic rings. The lowest BCUT2D eigenvalue weighted by molar-refractivity contribution is 0.381. The maximum absolute atomic E-state index is 11.4. The summed E-state index contributed by atoms with van der Waals surface area (Å²) in [4.78, 5) is 2.08. The highest BCUT2D eigenvalue weighted by Crippen LogP contribution is 2.33. The van der Waals surface area contributed by atoms with Crippen molar-refractivity contribution in [2.75, 3.05) is 34.7 Å². The van der Waals surface area contributed by atoms with Crippen molar-refractivity contribution in [3.8, 4) is 0 Å². The van der Waals surface area contributed by atoms with Gasteiger partial charge in [-0.25, -0.2) is 8.42 Å². The average Bonchev–Trinajstić information content (AvgIpc) is 2.35. The van der Waals surface area contributed by atoms with Crippen LogP contribution < -0.4 is 15.4 Å². The Morgan fingerprint density at radius 1 is 1.12 bits per heavy atom. The van der Waals surface area contributed by atoms with Gasteiger partial charge in [0, 0.05) is 18.8 Å². The minimum absolute atomic E-state index is 0. The summed E-state index contributed by atoms with van der Waals surface area (Å²) < 4.78 is 57.0. The van der Waals surface area contributed by atoms with Crippen LogP contribution in [0, 0.1) is 6.92 Å². The molecule has 0 saturated carbocycles. The van der Waals surface area contributed by atoms with Crippen LogP contribution in [-0.4, -0.2) is 50.8 Å². The number of nitrogen functional groups attached to an aromatic ring is 1. The van der Waals surface area contributed by atoms with Crippen molar-refractivity contribution in [1.82, 2.24) is 0 Å². The van der Waals surface area contributed by atoms with Crippen LogP contribution in [-0.2, 0) is 20.4 Å². The molecule has 7 N–H and O–H groups in total. The minimum Gasteiger partial charge on any atom is -0.412 e. The molecule has 0 atom stereocenters. The molecule has 0 radical (unpaired) electrons. The van der Waals surface area contributed by atoms with Gasteiger partial charge in [-0.1, -0.05) is 0 Å². The summed E-state index contributed by atoms with van der Waals surface area (Å²) in [5.41, 5.74) is 8.60. The maximum Gasteiger partial charge on any atom is 0.394 e. The Kier molecular flexibility index (Phi) is 9.90. The van der Waals surface area contributed by atoms with Gasteiger partial charge in [0.2, 0.25) is 10.0 Å². The normalized spacial score (nSPS) is 10.9. The predicted octanol–water partition coefficient (Wildman–Crippen LogP) is 0.317. The molecule has 24 heavy (non-hydrogen) atoms. The zero-order chi connectivity index (χ0) is 18.4. The van der Waals surface area contributed by atoms with Crippen LogP contribution in [0.5, 0.6) is 0 Å². The maximum atomic E-state index is 11.4. The van der Waals surface area contributed by atoms with Gasteiger partial charge in [0.05, 0.1) is 17.6 Å². The van der Waals surface area contributed by atoms with Crippen LogP contribution in [0.3, 0.4) is 0 Å². The number of nitrogens with zero attached hydrogens (tertiary/aromatic N) is 1. The third-order valence-corrected chi connectivity index (χ3v) is 3.45. The fourth-order valence-electron chi connectivity index (χ4n) is 1.86. The van der Waals surface area contributed by atoms with Crippen LogP contribution in [0.2, 0.25) is 0 Å². The zero-order valence-electron chi connectivity index (χ0n) is 13.9. The lowest BCUT2D eigenvalue weighted by Gasteiger charge is -2.26. The van der Waals surface area contributed by atoms with Crippen LogP contribution >= 0.6 is 0 Å². The predicted molar refractivity (Wildman–Crippen MR) is 95.4 cm³/mol. The van der Waals surface area contributed by atoms with Crippen molar-refractivity contribution in [2.45, 2.75) is 20.8 Å². The second-order valence-corrected chi connectivity index (χ2v) is 7.31. The van der Waals surface area contributed by atoms with Gasteiger partial charge in [-0.15, -0.1) is 0 Å². The van der Waals surface area contributed by atoms with E-state index in [0.717, 1.165) is 30.6 Å². The summed E-state index contributed by atoms with van der Waals surface area (Å²) in [5.74, 6) is 0. The number of nitrogens with one attached hydrogen (secondary N) is 1. The summed E-state index contributed by atoms with van der Waals surface area (Å²) >= 11 is 0. The molecule has 1 rings (SSSR count). The van der Waals surface area contributed by atoms with Crippen LogP contribution in [0.1, 0.15) is 19.4 Å². The first-order chi connectivity index (χ1) is 10.3. The molecule has 0 aliphatic rings. The van der Waals surface area contributed by atoms with Crippen molar-refractivity contribution in [3.05, 3.63) is 17.7 Å². The molecule has 0 aromatic heterocycles. The monoisotopic (exact) mass is 387 g/mol. The van der Waals surface area contributed by atoms with Crippen LogP contribution in [0.25, 0.3) is 0 Å². The number of benzene rings is 1. The van der Waals surface area contributed by atoms with Gasteiger partial charge in [-0.2, -0.15) is 8.42 Å². The first kappa shape index (κ1) is 24.6. The van der Waals surface area contributed by atoms with E-state index >= 15 is 0 Å². The summed E-state index contributed by atoms with van der Waals surface area (Å²) in [6, 6.07) is 3.65. The van der Waals surface area contributed by atoms with E-state index < -0.39 is 20.4 Å². The Morgan fingerprint density at radius 2 is 1.54 bits per heavy atom. The first-order valence-corrected chi connectivity index (χ1v) is 9.90. The third kappa shape index (κ3) is 9.52. The second kappa shape index (κ2) is 9.64. The molecule has 142 valence electrons. The van der Waals surface area contributed by atoms with E-state index in [4.69, 9.17) is 23.3 Å². The molecule has 12 heteroatoms. The Morgan fingerprint density at radius 3 is 1.88 bits per heavy atom. The van der Waals surface area contributed by atoms with Gasteiger partial charge in [0.15, 0.2) is 0 Å². The number of rotatable bonds is 5. The molecule has 0 heterocycles. The SMILES string of the molecule is CCN(CC)c1ccc(N)c(C)c1NS(C)(=O)=O.O.O=S(=O)(O)O. The van der Waals surface area contributed by atoms with E-state index in [2.05, 4.69) is 9.62 Å². The zero-order valence-corrected chi connectivity index (χ0v) is 15.6. The molecular weight excluding hydrogens is 362 g/mol. The Balaban J connectivity index is 0. The van der Waals surface area contributed by atoms with Gasteiger partial charge in [-0.3, -0.25) is 13.8 Å². The van der Waals surface area contributed by atoms with Crippen molar-refractivity contribution in [1.29, 1.82) is 0 Å². The Bertz CT molecular complexity index is 721. The number of hydrogen-bond donors (Lipinski definition) is 4. The van der Waals surface area contributed by atoms with Crippen molar-refractivity contribution >= 4 is 37.5 Å². The van der Waals surface area contributed by atoms with Crippen molar-refractivity contribution in [3.63, 3.8) is 0 Å². The number of hydrogen-bond acceptors (Lipinski definition) is 6. The highest BCUT2D eigenvalue weighted by Gasteiger charge is 2.15. The standard InChI is InChI=1S/C12H21N3O2S.H2O4S.H2O/c1-5-15(6-2)11-8-7-10(13)9(3)12(11)14-18(4,16)17;1-5(2,3)4;/h7-8,14H,5-6,13H2,1-4H3;(H2,1,2,3,4);1H2. The first-order valence-electron chi connectivity index (χ1n) is 6.61. The van der Waals surface area contributed by atoms with E-state index in [1.54, 1.807) is 6.07 Å². The molecule has 0 saturated heterocycles. The van der Waals surface area contributed by atoms with E-state index in [-0.39, 0.29) is 5.48 Å². The molecule has 1 aromatic carbocycles. The number of anilines is 3. The van der Waals surface area contributed by atoms with Gasteiger partial charge in [0.1, 0.15) is 0 Å². The van der Waals surface area contributed by atoms with E-state index in [9.17, 15) is 8.42 Å². The average molecular weight is 387 g/mol. The molecule has 0 bridgehead atoms. The van der Waals surface area contributed by atoms with E-state index in [0.29, 0.717) is 11.4 Å². The van der Waals surface area contributed by atoms with Gasteiger partial charge < -0.3 is 16.1 Å². The molecular formula is C12H25N3O7S2. The fraction of sp³-hybridized carbons (Fsp3) is 0.500. The van der Waals surface area contributed by atoms with Gasteiger partial charge >= 0.3 is 10.4 Å². The third-order valence-electron chi connectivity index (χ3n) is 2.88. The van der Waals surface area contributed by atoms with Gasteiger partial charge in [0.25, 0.3) is 0 Å². The minimum atomic E-state index is -4.67. The summed E-state index contributed by atoms with van der Waals surface area (Å²) in [7, 11) is -7.99. The number of sulfonamides is 1. The summed E-state index contributed by atoms with van der Waals surface area (Å²) in [6.07, 6.45) is 1.14. The topological polar surface area (TPSA) is 182 Å². The quantitative estimate of drug-likeness (QED) is 0.411. The van der Waals surface area contributed by atoms with Crippen LogP contribution in [0.4, 0.5) is 17.1 Å². The highest BCUT2D eigenvalue weighted by atomic mass is 32.3. The Hall–Kier alpha value is -1.60. The van der Waals surface area contributed by atoms with Gasteiger partial charge in [-0.05, 0) is 38.5 Å². The fourth-order valence-corrected chi connectivity index (χ4v) is 2.48. The number of nitrogens with two attached hydrogens (primary N) is 1. The molecule has 0 aliphatic carbocycles. The second-order valence-electron chi connectivity index (χ2n) is 4.67. The van der Waals surface area contributed by atoms with E-state index in [1.165, 1.54) is 0 Å². The molecule has 10 nitrogen and oxygen atoms in total. The smallest absolute Gasteiger partial charge is 0.394 e. The summed E-state index contributed by atoms with van der Waals surface area (Å²) in [5, 5.41) is 0. The lowest BCUT2D eigenvalue weighted by Crippen LogP contribution is -2.24. The molecule has 0 spiro atoms. The molecule has 0 aliphatic heterocycles. The largest absolute Gasteiger partial charge is 0.412 e. The van der Waals surface area contributed by atoms with Crippen molar-refractivity contribution in [2.24, 2.45) is 0 Å². The molecule has 0 amide bonds. The van der Waals surface area contributed by atoms with Crippen LogP contribution in [0.15, 0.2) is 12.1 Å². The molecule has 0 unspecified atom stereocenters. The van der Waals surface area contributed by atoms with E-state index in [1.807, 2.05) is 26.8 Å². The molecule has 0 fully saturated rings. The Labute approximate surface area is 142 Å². The summed E-state index contributed by atoms with van der Waals surface area (Å²) in [6.45, 7) is 7.48. The highest BCUT2D eigenvalue weighted by molar-refractivity contribution is 7.92.